The van der Waals surface area contributed by atoms with Crippen molar-refractivity contribution in [3.8, 4) is 5.75 Å². The molecule has 1 aromatic heterocycles. The monoisotopic (exact) mass is 233 g/mol. The van der Waals surface area contributed by atoms with E-state index in [-0.39, 0.29) is 0 Å². The number of ether oxygens (including phenoxy) is 1. The lowest BCUT2D eigenvalue weighted by Crippen LogP contribution is -2.08. The number of hydrogen-bond acceptors (Lipinski definition) is 4. The lowest BCUT2D eigenvalue weighted by molar-refractivity contribution is 0.204. The number of benzene rings is 1. The van der Waals surface area contributed by atoms with Crippen molar-refractivity contribution in [2.75, 3.05) is 7.11 Å². The summed E-state index contributed by atoms with van der Waals surface area (Å²) < 4.78 is 6.82. The maximum absolute atomic E-state index is 10.3. The number of methoxy groups -OCH3 is 1. The predicted molar refractivity (Wildman–Crippen MR) is 62.8 cm³/mol. The van der Waals surface area contributed by atoms with E-state index >= 15 is 0 Å². The van der Waals surface area contributed by atoms with Gasteiger partial charge in [-0.25, -0.2) is 4.68 Å². The third kappa shape index (κ3) is 2.14. The van der Waals surface area contributed by atoms with Gasteiger partial charge in [-0.15, -0.1) is 5.10 Å². The van der Waals surface area contributed by atoms with Crippen LogP contribution in [0.15, 0.2) is 24.4 Å². The summed E-state index contributed by atoms with van der Waals surface area (Å²) in [6.45, 7) is 1.98. The van der Waals surface area contributed by atoms with Crippen LogP contribution in [0.1, 0.15) is 22.9 Å². The molecule has 2 rings (SSSR count). The van der Waals surface area contributed by atoms with Crippen LogP contribution >= 0.6 is 0 Å². The van der Waals surface area contributed by atoms with Crippen molar-refractivity contribution in [2.24, 2.45) is 7.05 Å². The van der Waals surface area contributed by atoms with Gasteiger partial charge in [0.1, 0.15) is 11.9 Å². The quantitative estimate of drug-likeness (QED) is 0.865. The number of nitrogens with zero attached hydrogens (tertiary/aromatic N) is 3. The Labute approximate surface area is 99.7 Å². The first-order chi connectivity index (χ1) is 8.13. The van der Waals surface area contributed by atoms with Gasteiger partial charge in [-0.3, -0.25) is 0 Å². The number of aliphatic hydroxyl groups excluding tert-OH is 1. The molecule has 0 saturated heterocycles. The average molecular weight is 233 g/mol. The van der Waals surface area contributed by atoms with E-state index < -0.39 is 6.10 Å². The van der Waals surface area contributed by atoms with Gasteiger partial charge in [-0.1, -0.05) is 17.3 Å². The third-order valence-electron chi connectivity index (χ3n) is 2.71. The summed E-state index contributed by atoms with van der Waals surface area (Å²) in [7, 11) is 3.33. The molecule has 1 unspecified atom stereocenters. The van der Waals surface area contributed by atoms with E-state index in [0.717, 1.165) is 5.56 Å². The van der Waals surface area contributed by atoms with Crippen LogP contribution in [-0.4, -0.2) is 27.2 Å². The number of hydrogen-bond donors (Lipinski definition) is 1. The van der Waals surface area contributed by atoms with Crippen molar-refractivity contribution in [2.45, 2.75) is 13.0 Å². The second-order valence-electron chi connectivity index (χ2n) is 3.93. The van der Waals surface area contributed by atoms with Crippen molar-refractivity contribution in [3.63, 3.8) is 0 Å². The van der Waals surface area contributed by atoms with Crippen LogP contribution in [-0.2, 0) is 7.05 Å². The van der Waals surface area contributed by atoms with Gasteiger partial charge in [0, 0.05) is 12.6 Å². The largest absolute Gasteiger partial charge is 0.496 e. The smallest absolute Gasteiger partial charge is 0.126 e. The van der Waals surface area contributed by atoms with Crippen LogP contribution in [0.2, 0.25) is 0 Å². The first kappa shape index (κ1) is 11.6. The molecule has 5 nitrogen and oxygen atoms in total. The summed E-state index contributed by atoms with van der Waals surface area (Å²) >= 11 is 0. The van der Waals surface area contributed by atoms with Crippen LogP contribution in [0, 0.1) is 6.92 Å². The van der Waals surface area contributed by atoms with Gasteiger partial charge < -0.3 is 9.84 Å². The molecule has 0 aliphatic carbocycles. The fourth-order valence-corrected chi connectivity index (χ4v) is 1.75. The molecule has 0 radical (unpaired) electrons. The van der Waals surface area contributed by atoms with E-state index in [1.165, 1.54) is 0 Å². The maximum Gasteiger partial charge on any atom is 0.126 e. The lowest BCUT2D eigenvalue weighted by Gasteiger charge is -2.15. The topological polar surface area (TPSA) is 60.2 Å². The molecule has 1 N–H and O–H groups in total. The minimum Gasteiger partial charge on any atom is -0.496 e. The fourth-order valence-electron chi connectivity index (χ4n) is 1.75. The number of rotatable bonds is 3. The first-order valence-electron chi connectivity index (χ1n) is 5.30. The van der Waals surface area contributed by atoms with Gasteiger partial charge in [0.25, 0.3) is 0 Å². The van der Waals surface area contributed by atoms with E-state index in [4.69, 9.17) is 4.74 Å². The average Bonchev–Trinajstić information content (AvgIpc) is 2.74. The van der Waals surface area contributed by atoms with Crippen LogP contribution in [0.4, 0.5) is 0 Å². The highest BCUT2D eigenvalue weighted by atomic mass is 16.5. The molecular formula is C12H15N3O2. The van der Waals surface area contributed by atoms with Crippen molar-refractivity contribution >= 4 is 0 Å². The highest BCUT2D eigenvalue weighted by molar-refractivity contribution is 5.41. The molecular weight excluding hydrogens is 218 g/mol. The van der Waals surface area contributed by atoms with Crippen LogP contribution < -0.4 is 4.74 Å². The van der Waals surface area contributed by atoms with Crippen LogP contribution in [0.25, 0.3) is 0 Å². The van der Waals surface area contributed by atoms with Gasteiger partial charge in [-0.2, -0.15) is 0 Å². The number of aryl methyl sites for hydroxylation is 2. The number of aromatic nitrogens is 3. The van der Waals surface area contributed by atoms with Crippen LogP contribution in [0.3, 0.4) is 0 Å². The SMILES string of the molecule is COc1cc(C)ccc1C(O)c1cnnn1C. The summed E-state index contributed by atoms with van der Waals surface area (Å²) in [6, 6.07) is 5.68. The van der Waals surface area contributed by atoms with Crippen LogP contribution in [0.5, 0.6) is 5.75 Å². The number of aliphatic hydroxyl groups is 1. The van der Waals surface area contributed by atoms with E-state index in [1.807, 2.05) is 25.1 Å². The minimum absolute atomic E-state index is 0.632. The Kier molecular flexibility index (Phi) is 3.10. The summed E-state index contributed by atoms with van der Waals surface area (Å²) in [6.07, 6.45) is 0.759. The molecule has 1 aromatic carbocycles. The molecule has 0 fully saturated rings. The Hall–Kier alpha value is -1.88. The molecule has 2 aromatic rings. The molecule has 5 heteroatoms. The second kappa shape index (κ2) is 4.55. The minimum atomic E-state index is -0.787. The lowest BCUT2D eigenvalue weighted by atomic mass is 10.0. The van der Waals surface area contributed by atoms with Gasteiger partial charge in [0.15, 0.2) is 0 Å². The first-order valence-corrected chi connectivity index (χ1v) is 5.30. The normalized spacial score (nSPS) is 12.5. The molecule has 0 saturated carbocycles. The summed E-state index contributed by atoms with van der Waals surface area (Å²) in [5.74, 6) is 0.665. The Bertz CT molecular complexity index is 522. The Balaban J connectivity index is 2.44. The van der Waals surface area contributed by atoms with Gasteiger partial charge in [-0.05, 0) is 18.6 Å². The highest BCUT2D eigenvalue weighted by Gasteiger charge is 2.18. The van der Waals surface area contributed by atoms with E-state index in [9.17, 15) is 5.11 Å². The molecule has 0 spiro atoms. The Morgan fingerprint density at radius 3 is 2.76 bits per heavy atom. The molecule has 0 aliphatic heterocycles. The highest BCUT2D eigenvalue weighted by Crippen LogP contribution is 2.29. The molecule has 1 atom stereocenters. The molecule has 0 bridgehead atoms. The van der Waals surface area contributed by atoms with E-state index in [2.05, 4.69) is 10.3 Å². The van der Waals surface area contributed by atoms with Crippen molar-refractivity contribution in [1.29, 1.82) is 0 Å². The Morgan fingerprint density at radius 2 is 2.18 bits per heavy atom. The molecule has 0 amide bonds. The van der Waals surface area contributed by atoms with Gasteiger partial charge in [0.2, 0.25) is 0 Å². The van der Waals surface area contributed by atoms with Gasteiger partial charge >= 0.3 is 0 Å². The Morgan fingerprint density at radius 1 is 1.41 bits per heavy atom. The second-order valence-corrected chi connectivity index (χ2v) is 3.93. The fraction of sp³-hybridized carbons (Fsp3) is 0.333. The van der Waals surface area contributed by atoms with E-state index in [1.54, 1.807) is 25.0 Å². The van der Waals surface area contributed by atoms with Crippen molar-refractivity contribution in [3.05, 3.63) is 41.2 Å². The van der Waals surface area contributed by atoms with E-state index in [0.29, 0.717) is 17.0 Å². The summed E-state index contributed by atoms with van der Waals surface area (Å²) in [4.78, 5) is 0. The summed E-state index contributed by atoms with van der Waals surface area (Å²) in [5, 5.41) is 17.8. The summed E-state index contributed by atoms with van der Waals surface area (Å²) in [5.41, 5.74) is 2.43. The van der Waals surface area contributed by atoms with Crippen molar-refractivity contribution < 1.29 is 9.84 Å². The molecule has 0 aliphatic rings. The molecule has 90 valence electrons. The molecule has 1 heterocycles. The maximum atomic E-state index is 10.3. The predicted octanol–water partition coefficient (Wildman–Crippen LogP) is 1.21. The zero-order valence-corrected chi connectivity index (χ0v) is 10.1. The standard InChI is InChI=1S/C12H15N3O2/c1-8-4-5-9(11(6-8)17-3)12(16)10-7-13-14-15(10)2/h4-7,12,16H,1-3H3. The van der Waals surface area contributed by atoms with Crippen molar-refractivity contribution in [1.82, 2.24) is 15.0 Å². The zero-order valence-electron chi connectivity index (χ0n) is 10.1. The molecule has 17 heavy (non-hydrogen) atoms. The zero-order chi connectivity index (χ0) is 12.4. The van der Waals surface area contributed by atoms with Gasteiger partial charge in [0.05, 0.1) is 19.0 Å². The third-order valence-corrected chi connectivity index (χ3v) is 2.71.